The van der Waals surface area contributed by atoms with Gasteiger partial charge in [0.05, 0.1) is 0 Å². The summed E-state index contributed by atoms with van der Waals surface area (Å²) < 4.78 is 11.7. The molecule has 0 aromatic heterocycles. The van der Waals surface area contributed by atoms with Crippen molar-refractivity contribution in [1.29, 1.82) is 0 Å². The largest absolute Gasteiger partial charge is 0.398 e. The fourth-order valence-corrected chi connectivity index (χ4v) is 4.25. The van der Waals surface area contributed by atoms with E-state index in [2.05, 4.69) is 13.5 Å². The standard InChI is InChI=1S/C12H26O2Si/c1-4-5-10-15(3,13-2)14-11-12-8-6-7-9-12/h12H,4-11H2,1-3H3. The van der Waals surface area contributed by atoms with Crippen LogP contribution in [0.25, 0.3) is 0 Å². The summed E-state index contributed by atoms with van der Waals surface area (Å²) in [4.78, 5) is 0. The molecule has 0 aromatic rings. The third kappa shape index (κ3) is 4.66. The van der Waals surface area contributed by atoms with Crippen molar-refractivity contribution in [2.75, 3.05) is 13.7 Å². The van der Waals surface area contributed by atoms with Crippen LogP contribution in [0.1, 0.15) is 45.4 Å². The van der Waals surface area contributed by atoms with Crippen molar-refractivity contribution in [1.82, 2.24) is 0 Å². The van der Waals surface area contributed by atoms with Gasteiger partial charge in [-0.3, -0.25) is 0 Å². The Morgan fingerprint density at radius 2 is 1.93 bits per heavy atom. The van der Waals surface area contributed by atoms with Crippen LogP contribution in [0.2, 0.25) is 12.6 Å². The highest BCUT2D eigenvalue weighted by Crippen LogP contribution is 2.27. The van der Waals surface area contributed by atoms with E-state index in [4.69, 9.17) is 8.85 Å². The highest BCUT2D eigenvalue weighted by atomic mass is 28.4. The van der Waals surface area contributed by atoms with Crippen molar-refractivity contribution in [3.8, 4) is 0 Å². The second-order valence-corrected chi connectivity index (χ2v) is 8.37. The highest BCUT2D eigenvalue weighted by molar-refractivity contribution is 6.65. The van der Waals surface area contributed by atoms with Gasteiger partial charge >= 0.3 is 8.56 Å². The van der Waals surface area contributed by atoms with Gasteiger partial charge in [0.1, 0.15) is 0 Å². The minimum atomic E-state index is -1.81. The predicted molar refractivity (Wildman–Crippen MR) is 66.3 cm³/mol. The van der Waals surface area contributed by atoms with E-state index in [1.165, 1.54) is 38.5 Å². The summed E-state index contributed by atoms with van der Waals surface area (Å²) in [6, 6.07) is 1.15. The molecule has 2 nitrogen and oxygen atoms in total. The third-order valence-corrected chi connectivity index (χ3v) is 6.42. The zero-order chi connectivity index (χ0) is 11.1. The minimum absolute atomic E-state index is 0.814. The lowest BCUT2D eigenvalue weighted by molar-refractivity contribution is 0.171. The van der Waals surface area contributed by atoms with Crippen molar-refractivity contribution >= 4 is 8.56 Å². The Labute approximate surface area is 95.6 Å². The Bertz CT molecular complexity index is 169. The molecule has 0 saturated heterocycles. The van der Waals surface area contributed by atoms with Crippen LogP contribution in [0, 0.1) is 5.92 Å². The quantitative estimate of drug-likeness (QED) is 0.621. The van der Waals surface area contributed by atoms with Crippen molar-refractivity contribution < 1.29 is 8.85 Å². The molecule has 1 atom stereocenters. The summed E-state index contributed by atoms with van der Waals surface area (Å²) in [5.41, 5.74) is 0. The smallest absolute Gasteiger partial charge is 0.334 e. The van der Waals surface area contributed by atoms with Crippen molar-refractivity contribution in [3.63, 3.8) is 0 Å². The molecule has 90 valence electrons. The molecule has 0 spiro atoms. The monoisotopic (exact) mass is 230 g/mol. The van der Waals surface area contributed by atoms with Gasteiger partial charge in [-0.05, 0) is 31.4 Å². The molecular weight excluding hydrogens is 204 g/mol. The number of hydrogen-bond donors (Lipinski definition) is 0. The van der Waals surface area contributed by atoms with Crippen molar-refractivity contribution in [2.24, 2.45) is 5.92 Å². The maximum atomic E-state index is 6.08. The molecule has 0 radical (unpaired) electrons. The van der Waals surface area contributed by atoms with Crippen LogP contribution < -0.4 is 0 Å². The van der Waals surface area contributed by atoms with Crippen LogP contribution in [0.3, 0.4) is 0 Å². The molecule has 0 aromatic carbocycles. The predicted octanol–water partition coefficient (Wildman–Crippen LogP) is 3.71. The Balaban J connectivity index is 2.24. The maximum Gasteiger partial charge on any atom is 0.334 e. The van der Waals surface area contributed by atoms with E-state index in [-0.39, 0.29) is 0 Å². The van der Waals surface area contributed by atoms with Gasteiger partial charge in [-0.25, -0.2) is 0 Å². The zero-order valence-electron chi connectivity index (χ0n) is 10.6. The Morgan fingerprint density at radius 1 is 1.27 bits per heavy atom. The summed E-state index contributed by atoms with van der Waals surface area (Å²) >= 11 is 0. The van der Waals surface area contributed by atoms with E-state index in [0.29, 0.717) is 0 Å². The Hall–Kier alpha value is 0.137. The molecule has 3 heteroatoms. The van der Waals surface area contributed by atoms with Gasteiger partial charge in [-0.15, -0.1) is 0 Å². The van der Waals surface area contributed by atoms with Gasteiger partial charge in [-0.2, -0.15) is 0 Å². The molecule has 1 saturated carbocycles. The minimum Gasteiger partial charge on any atom is -0.398 e. The molecule has 1 fully saturated rings. The Morgan fingerprint density at radius 3 is 2.47 bits per heavy atom. The Kier molecular flexibility index (Phi) is 5.86. The first-order valence-corrected chi connectivity index (χ1v) is 8.91. The van der Waals surface area contributed by atoms with Gasteiger partial charge in [-0.1, -0.05) is 32.6 Å². The van der Waals surface area contributed by atoms with Crippen LogP contribution in [0.4, 0.5) is 0 Å². The average Bonchev–Trinajstić information content (AvgIpc) is 2.76. The molecule has 15 heavy (non-hydrogen) atoms. The molecule has 0 heterocycles. The molecule has 1 aliphatic rings. The number of hydrogen-bond acceptors (Lipinski definition) is 2. The molecular formula is C12H26O2Si. The summed E-state index contributed by atoms with van der Waals surface area (Å²) in [7, 11) is 0.00412. The number of rotatable bonds is 7. The van der Waals surface area contributed by atoms with E-state index >= 15 is 0 Å². The van der Waals surface area contributed by atoms with Gasteiger partial charge in [0, 0.05) is 13.7 Å². The summed E-state index contributed by atoms with van der Waals surface area (Å²) in [6.07, 6.45) is 7.99. The normalized spacial score (nSPS) is 21.8. The van der Waals surface area contributed by atoms with Gasteiger partial charge in [0.15, 0.2) is 0 Å². The highest BCUT2D eigenvalue weighted by Gasteiger charge is 2.30. The summed E-state index contributed by atoms with van der Waals surface area (Å²) in [5, 5.41) is 0. The lowest BCUT2D eigenvalue weighted by atomic mass is 10.1. The lowest BCUT2D eigenvalue weighted by Gasteiger charge is -2.26. The molecule has 0 amide bonds. The second-order valence-electron chi connectivity index (χ2n) is 4.90. The van der Waals surface area contributed by atoms with E-state index < -0.39 is 8.56 Å². The van der Waals surface area contributed by atoms with Gasteiger partial charge in [0.2, 0.25) is 0 Å². The first-order valence-electron chi connectivity index (χ1n) is 6.39. The van der Waals surface area contributed by atoms with E-state index in [1.807, 2.05) is 7.11 Å². The van der Waals surface area contributed by atoms with Crippen LogP contribution in [-0.4, -0.2) is 22.3 Å². The van der Waals surface area contributed by atoms with E-state index in [1.54, 1.807) is 0 Å². The van der Waals surface area contributed by atoms with E-state index in [9.17, 15) is 0 Å². The molecule has 1 aliphatic carbocycles. The zero-order valence-corrected chi connectivity index (χ0v) is 11.6. The van der Waals surface area contributed by atoms with Gasteiger partial charge in [0.25, 0.3) is 0 Å². The third-order valence-electron chi connectivity index (χ3n) is 3.52. The SMILES string of the molecule is CCCC[Si](C)(OC)OCC1CCCC1. The maximum absolute atomic E-state index is 6.08. The fraction of sp³-hybridized carbons (Fsp3) is 1.00. The van der Waals surface area contributed by atoms with Crippen LogP contribution in [0.15, 0.2) is 0 Å². The molecule has 0 N–H and O–H groups in total. The molecule has 0 bridgehead atoms. The average molecular weight is 230 g/mol. The van der Waals surface area contributed by atoms with Gasteiger partial charge < -0.3 is 8.85 Å². The number of unbranched alkanes of at least 4 members (excludes halogenated alkanes) is 1. The summed E-state index contributed by atoms with van der Waals surface area (Å²) in [6.45, 7) is 5.37. The molecule has 0 aliphatic heterocycles. The first kappa shape index (κ1) is 13.2. The van der Waals surface area contributed by atoms with Crippen molar-refractivity contribution in [3.05, 3.63) is 0 Å². The van der Waals surface area contributed by atoms with Crippen LogP contribution in [-0.2, 0) is 8.85 Å². The summed E-state index contributed by atoms with van der Waals surface area (Å²) in [5.74, 6) is 0.814. The molecule has 1 rings (SSSR count). The lowest BCUT2D eigenvalue weighted by Crippen LogP contribution is -2.38. The van der Waals surface area contributed by atoms with Crippen molar-refractivity contribution in [2.45, 2.75) is 58.0 Å². The fourth-order valence-electron chi connectivity index (χ4n) is 2.20. The second kappa shape index (κ2) is 6.66. The van der Waals surface area contributed by atoms with E-state index in [0.717, 1.165) is 18.6 Å². The topological polar surface area (TPSA) is 18.5 Å². The van der Waals surface area contributed by atoms with Crippen LogP contribution >= 0.6 is 0 Å². The van der Waals surface area contributed by atoms with Crippen LogP contribution in [0.5, 0.6) is 0 Å². The first-order chi connectivity index (χ1) is 7.20. The molecule has 1 unspecified atom stereocenters.